The molecule has 1 aromatic carbocycles. The van der Waals surface area contributed by atoms with Gasteiger partial charge in [-0.2, -0.15) is 0 Å². The zero-order valence-electron chi connectivity index (χ0n) is 29.6. The van der Waals surface area contributed by atoms with Crippen molar-refractivity contribution in [2.24, 2.45) is 11.8 Å². The molecule has 11 heteroatoms. The number of carbonyl (C=O) groups is 2. The third-order valence-electron chi connectivity index (χ3n) is 10.2. The Kier molecular flexibility index (Phi) is 12.8. The largest absolute Gasteiger partial charge is 0.390 e. The summed E-state index contributed by atoms with van der Waals surface area (Å²) in [5.74, 6) is 0.419. The van der Waals surface area contributed by atoms with Crippen molar-refractivity contribution in [3.05, 3.63) is 66.0 Å². The van der Waals surface area contributed by atoms with Gasteiger partial charge in [0.15, 0.2) is 9.84 Å². The molecular weight excluding hydrogens is 627 g/mol. The first-order valence-electron chi connectivity index (χ1n) is 17.5. The first kappa shape index (κ1) is 38.0. The highest BCUT2D eigenvalue weighted by molar-refractivity contribution is 7.92. The number of β-amino-alcohol motifs (C(OH)–C–C–N with tert-alkyl or cyclic N) is 1. The maximum atomic E-state index is 14.1. The predicted molar refractivity (Wildman–Crippen MR) is 190 cm³/mol. The van der Waals surface area contributed by atoms with Crippen molar-refractivity contribution in [3.8, 4) is 0 Å². The maximum Gasteiger partial charge on any atom is 0.239 e. The third-order valence-corrected chi connectivity index (χ3v) is 12.4. The van der Waals surface area contributed by atoms with Crippen LogP contribution in [-0.4, -0.2) is 89.1 Å². The summed E-state index contributed by atoms with van der Waals surface area (Å²) in [5.41, 5.74) is 1.35. The van der Waals surface area contributed by atoms with Gasteiger partial charge in [0.2, 0.25) is 11.8 Å². The van der Waals surface area contributed by atoms with E-state index in [2.05, 4.69) is 25.8 Å². The van der Waals surface area contributed by atoms with Crippen LogP contribution in [0, 0.1) is 11.8 Å². The van der Waals surface area contributed by atoms with Gasteiger partial charge in [-0.15, -0.1) is 0 Å². The van der Waals surface area contributed by atoms with Crippen LogP contribution in [0.5, 0.6) is 0 Å². The van der Waals surface area contributed by atoms with E-state index in [1.54, 1.807) is 26.1 Å². The molecule has 0 unspecified atom stereocenters. The molecule has 0 radical (unpaired) electrons. The van der Waals surface area contributed by atoms with Crippen molar-refractivity contribution in [3.63, 3.8) is 0 Å². The van der Waals surface area contributed by atoms with E-state index >= 15 is 0 Å². The number of aliphatic hydroxyl groups excluding tert-OH is 1. The minimum Gasteiger partial charge on any atom is -0.390 e. The van der Waals surface area contributed by atoms with Crippen molar-refractivity contribution < 1.29 is 23.1 Å². The number of aryl methyl sites for hydroxylation is 1. The standard InChI is InChI=1S/C37H57N5O5S/c1-36(2,3)41-34(44)31-22-27-16-10-11-17-28(27)24-42(31)25-32(43)30(20-19-26-14-8-7-9-15-26)40-35(45)33(37(4,5)48(6,46)47)39-23-29-18-12-13-21-38-29/h7-9,12-15,18,21,27-28,30-33,39,43H,10-11,16-17,19-20,22-25H2,1-6H3,(H,40,45)(H,41,44)/t27-,28+,30-,31-,32+,33+/m0/s1. The van der Waals surface area contributed by atoms with Gasteiger partial charge in [0.05, 0.1) is 28.6 Å². The lowest BCUT2D eigenvalue weighted by Gasteiger charge is -2.47. The summed E-state index contributed by atoms with van der Waals surface area (Å²) in [6.45, 7) is 10.1. The summed E-state index contributed by atoms with van der Waals surface area (Å²) >= 11 is 0. The lowest BCUT2D eigenvalue weighted by Crippen LogP contribution is -2.63. The number of amides is 2. The molecule has 1 saturated heterocycles. The average molecular weight is 684 g/mol. The number of fused-ring (bicyclic) bond motifs is 1. The van der Waals surface area contributed by atoms with Crippen LogP contribution in [0.25, 0.3) is 0 Å². The Morgan fingerprint density at radius 1 is 1.00 bits per heavy atom. The van der Waals surface area contributed by atoms with Crippen LogP contribution in [0.15, 0.2) is 54.7 Å². The van der Waals surface area contributed by atoms with Gasteiger partial charge in [-0.25, -0.2) is 8.42 Å². The molecule has 2 aromatic rings. The van der Waals surface area contributed by atoms with Crippen LogP contribution in [0.3, 0.4) is 0 Å². The lowest BCUT2D eigenvalue weighted by atomic mass is 9.72. The minimum absolute atomic E-state index is 0.0303. The molecule has 4 rings (SSSR count). The topological polar surface area (TPSA) is 141 Å². The molecule has 48 heavy (non-hydrogen) atoms. The van der Waals surface area contributed by atoms with Crippen LogP contribution in [0.2, 0.25) is 0 Å². The number of aromatic nitrogens is 1. The predicted octanol–water partition coefficient (Wildman–Crippen LogP) is 3.64. The Morgan fingerprint density at radius 3 is 2.29 bits per heavy atom. The highest BCUT2D eigenvalue weighted by Crippen LogP contribution is 2.39. The Labute approximate surface area is 287 Å². The van der Waals surface area contributed by atoms with E-state index in [0.29, 0.717) is 30.4 Å². The first-order chi connectivity index (χ1) is 22.5. The molecule has 1 saturated carbocycles. The van der Waals surface area contributed by atoms with Crippen LogP contribution >= 0.6 is 0 Å². The molecule has 266 valence electrons. The van der Waals surface area contributed by atoms with Gasteiger partial charge in [-0.1, -0.05) is 55.7 Å². The van der Waals surface area contributed by atoms with Crippen LogP contribution in [0.1, 0.15) is 84.4 Å². The van der Waals surface area contributed by atoms with Gasteiger partial charge in [-0.05, 0) is 89.8 Å². The zero-order valence-corrected chi connectivity index (χ0v) is 30.4. The summed E-state index contributed by atoms with van der Waals surface area (Å²) in [6.07, 6.45) is 8.17. The first-order valence-corrected chi connectivity index (χ1v) is 19.4. The third kappa shape index (κ3) is 10.3. The monoisotopic (exact) mass is 683 g/mol. The normalized spacial score (nSPS) is 22.6. The highest BCUT2D eigenvalue weighted by atomic mass is 32.2. The summed E-state index contributed by atoms with van der Waals surface area (Å²) in [7, 11) is -3.69. The molecule has 1 aromatic heterocycles. The quantitative estimate of drug-likeness (QED) is 0.237. The van der Waals surface area contributed by atoms with Crippen molar-refractivity contribution in [2.75, 3.05) is 19.3 Å². The van der Waals surface area contributed by atoms with Gasteiger partial charge in [0.25, 0.3) is 0 Å². The highest BCUT2D eigenvalue weighted by Gasteiger charge is 2.45. The van der Waals surface area contributed by atoms with Gasteiger partial charge >= 0.3 is 0 Å². The number of piperidine rings is 1. The number of pyridine rings is 1. The van der Waals surface area contributed by atoms with E-state index in [4.69, 9.17) is 0 Å². The Balaban J connectivity index is 1.59. The number of carbonyl (C=O) groups excluding carboxylic acids is 2. The second kappa shape index (κ2) is 16.2. The van der Waals surface area contributed by atoms with E-state index in [1.165, 1.54) is 12.8 Å². The fourth-order valence-corrected chi connectivity index (χ4v) is 7.78. The number of aliphatic hydroxyl groups is 1. The molecule has 10 nitrogen and oxygen atoms in total. The summed E-state index contributed by atoms with van der Waals surface area (Å²) < 4.78 is 24.5. The van der Waals surface area contributed by atoms with Gasteiger partial charge in [0, 0.05) is 37.6 Å². The summed E-state index contributed by atoms with van der Waals surface area (Å²) in [4.78, 5) is 34.2. The molecular formula is C37H57N5O5S. The second-order valence-electron chi connectivity index (χ2n) is 15.5. The van der Waals surface area contributed by atoms with E-state index in [0.717, 1.165) is 37.6 Å². The van der Waals surface area contributed by atoms with Gasteiger partial charge in [0.1, 0.15) is 6.04 Å². The van der Waals surface area contributed by atoms with E-state index < -0.39 is 38.7 Å². The Hall–Kier alpha value is -2.86. The maximum absolute atomic E-state index is 14.1. The number of likely N-dealkylation sites (tertiary alicyclic amines) is 1. The van der Waals surface area contributed by atoms with Crippen molar-refractivity contribution >= 4 is 21.7 Å². The number of nitrogens with zero attached hydrogens (tertiary/aromatic N) is 2. The number of rotatable bonds is 14. The van der Waals surface area contributed by atoms with E-state index in [-0.39, 0.29) is 30.6 Å². The fourth-order valence-electron chi connectivity index (χ4n) is 7.17. The number of sulfone groups is 1. The molecule has 4 N–H and O–H groups in total. The summed E-state index contributed by atoms with van der Waals surface area (Å²) in [5, 5.41) is 21.3. The van der Waals surface area contributed by atoms with Crippen LogP contribution in [-0.2, 0) is 32.4 Å². The molecule has 0 spiro atoms. The minimum atomic E-state index is -3.69. The Bertz CT molecular complexity index is 1450. The van der Waals surface area contributed by atoms with Crippen LogP contribution in [0.4, 0.5) is 0 Å². The number of hydrogen-bond donors (Lipinski definition) is 4. The SMILES string of the molecule is CC(C)(C)NC(=O)[C@@H]1C[C@@H]2CCCC[C@@H]2CN1C[C@@H](O)[C@H](CCc1ccccc1)NC(=O)[C@@H](NCc1ccccn1)C(C)(C)S(C)(=O)=O. The molecule has 2 fully saturated rings. The van der Waals surface area contributed by atoms with Crippen molar-refractivity contribution in [1.82, 2.24) is 25.8 Å². The van der Waals surface area contributed by atoms with Crippen molar-refractivity contribution in [1.29, 1.82) is 0 Å². The number of hydrogen-bond acceptors (Lipinski definition) is 8. The number of nitrogens with one attached hydrogen (secondary N) is 3. The smallest absolute Gasteiger partial charge is 0.239 e. The average Bonchev–Trinajstić information content (AvgIpc) is 3.02. The Morgan fingerprint density at radius 2 is 1.67 bits per heavy atom. The molecule has 2 aliphatic rings. The molecule has 6 atom stereocenters. The molecule has 1 aliphatic heterocycles. The molecule has 0 bridgehead atoms. The molecule has 2 amide bonds. The molecule has 2 heterocycles. The lowest BCUT2D eigenvalue weighted by molar-refractivity contribution is -0.133. The van der Waals surface area contributed by atoms with Crippen molar-refractivity contribution in [2.45, 2.75) is 121 Å². The van der Waals surface area contributed by atoms with Gasteiger partial charge in [-0.3, -0.25) is 24.8 Å². The summed E-state index contributed by atoms with van der Waals surface area (Å²) in [6, 6.07) is 13.1. The second-order valence-corrected chi connectivity index (χ2v) is 18.1. The van der Waals surface area contributed by atoms with Gasteiger partial charge < -0.3 is 15.7 Å². The van der Waals surface area contributed by atoms with E-state index in [1.807, 2.05) is 63.2 Å². The fraction of sp³-hybridized carbons (Fsp3) is 0.649. The number of benzene rings is 1. The zero-order chi connectivity index (χ0) is 35.1. The van der Waals surface area contributed by atoms with E-state index in [9.17, 15) is 23.1 Å². The molecule has 1 aliphatic carbocycles. The van der Waals surface area contributed by atoms with Crippen LogP contribution < -0.4 is 16.0 Å².